The summed E-state index contributed by atoms with van der Waals surface area (Å²) >= 11 is 0. The van der Waals surface area contributed by atoms with Crippen LogP contribution in [0, 0.1) is 0 Å². The number of ether oxygens (including phenoxy) is 1. The van der Waals surface area contributed by atoms with E-state index in [1.54, 1.807) is 42.5 Å². The number of carboxylic acid groups (broad SMARTS) is 1. The Balaban J connectivity index is 1.98. The molecule has 1 aliphatic rings. The number of carbonyl (C=O) groups is 2. The van der Waals surface area contributed by atoms with Crippen LogP contribution in [0.5, 0.6) is 5.75 Å². The number of aliphatic carboxylic acids is 1. The van der Waals surface area contributed by atoms with Gasteiger partial charge >= 0.3 is 5.97 Å². The minimum atomic E-state index is -0.971. The number of nitrogens with zero attached hydrogens (tertiary/aromatic N) is 1. The molecule has 0 spiro atoms. The van der Waals surface area contributed by atoms with Crippen LogP contribution in [0.25, 0.3) is 0 Å². The number of nitrogens with two attached hydrogens (primary N) is 1. The van der Waals surface area contributed by atoms with Crippen LogP contribution in [-0.2, 0) is 4.79 Å². The smallest absolute Gasteiger partial charge is 0.307 e. The number of hydrogen-bond acceptors (Lipinski definition) is 4. The molecule has 2 aromatic carbocycles. The largest absolute Gasteiger partial charge is 0.486 e. The molecule has 3 N–H and O–H groups in total. The number of hydrogen-bond donors (Lipinski definition) is 2. The average molecular weight is 312 g/mol. The summed E-state index contributed by atoms with van der Waals surface area (Å²) in [6, 6.07) is 13.8. The van der Waals surface area contributed by atoms with Gasteiger partial charge in [0, 0.05) is 11.3 Å². The van der Waals surface area contributed by atoms with Crippen LogP contribution in [0.15, 0.2) is 48.5 Å². The summed E-state index contributed by atoms with van der Waals surface area (Å²) in [5.74, 6) is -0.724. The zero-order valence-corrected chi connectivity index (χ0v) is 12.3. The number of nitrogen functional groups attached to an aromatic ring is 1. The van der Waals surface area contributed by atoms with Gasteiger partial charge in [0.1, 0.15) is 11.9 Å². The van der Waals surface area contributed by atoms with Crippen molar-refractivity contribution in [1.82, 2.24) is 0 Å². The number of carboxylic acids is 1. The Morgan fingerprint density at radius 2 is 1.96 bits per heavy atom. The van der Waals surface area contributed by atoms with Crippen molar-refractivity contribution < 1.29 is 19.4 Å². The molecule has 0 aromatic heterocycles. The summed E-state index contributed by atoms with van der Waals surface area (Å²) in [5, 5.41) is 9.00. The van der Waals surface area contributed by atoms with Gasteiger partial charge in [-0.05, 0) is 30.3 Å². The van der Waals surface area contributed by atoms with Crippen molar-refractivity contribution in [2.75, 3.05) is 17.2 Å². The van der Waals surface area contributed by atoms with Gasteiger partial charge in [0.15, 0.2) is 0 Å². The van der Waals surface area contributed by atoms with Gasteiger partial charge in [-0.25, -0.2) is 0 Å². The quantitative estimate of drug-likeness (QED) is 0.847. The Morgan fingerprint density at radius 1 is 1.22 bits per heavy atom. The minimum absolute atomic E-state index is 0.163. The highest BCUT2D eigenvalue weighted by Crippen LogP contribution is 2.36. The lowest BCUT2D eigenvalue weighted by molar-refractivity contribution is -0.138. The van der Waals surface area contributed by atoms with E-state index in [1.165, 1.54) is 4.90 Å². The zero-order chi connectivity index (χ0) is 16.4. The molecular weight excluding hydrogens is 296 g/mol. The van der Waals surface area contributed by atoms with E-state index in [-0.39, 0.29) is 18.9 Å². The maximum atomic E-state index is 12.8. The van der Waals surface area contributed by atoms with Crippen molar-refractivity contribution in [3.8, 4) is 5.75 Å². The highest BCUT2D eigenvalue weighted by Gasteiger charge is 2.31. The molecule has 0 aliphatic carbocycles. The number of anilines is 2. The molecule has 1 unspecified atom stereocenters. The lowest BCUT2D eigenvalue weighted by Crippen LogP contribution is -2.44. The number of carbonyl (C=O) groups excluding carboxylic acids is 1. The van der Waals surface area contributed by atoms with Crippen LogP contribution in [-0.4, -0.2) is 29.6 Å². The zero-order valence-electron chi connectivity index (χ0n) is 12.3. The number of fused-ring (bicyclic) bond motifs is 1. The first-order valence-electron chi connectivity index (χ1n) is 7.19. The third kappa shape index (κ3) is 3.11. The molecular formula is C17H16N2O4. The molecule has 1 heterocycles. The van der Waals surface area contributed by atoms with Gasteiger partial charge in [-0.3, -0.25) is 9.59 Å². The summed E-state index contributed by atoms with van der Waals surface area (Å²) in [6.45, 7) is 0.163. The highest BCUT2D eigenvalue weighted by molar-refractivity contribution is 6.07. The fourth-order valence-corrected chi connectivity index (χ4v) is 2.59. The molecule has 0 bridgehead atoms. The van der Waals surface area contributed by atoms with Gasteiger partial charge in [0.2, 0.25) is 0 Å². The predicted molar refractivity (Wildman–Crippen MR) is 85.6 cm³/mol. The second-order valence-electron chi connectivity index (χ2n) is 5.35. The summed E-state index contributed by atoms with van der Waals surface area (Å²) in [7, 11) is 0. The first-order valence-corrected chi connectivity index (χ1v) is 7.19. The van der Waals surface area contributed by atoms with Crippen molar-refractivity contribution in [3.63, 3.8) is 0 Å². The van der Waals surface area contributed by atoms with Crippen molar-refractivity contribution in [3.05, 3.63) is 54.1 Å². The van der Waals surface area contributed by atoms with E-state index >= 15 is 0 Å². The topological polar surface area (TPSA) is 92.9 Å². The maximum absolute atomic E-state index is 12.8. The molecule has 0 saturated heterocycles. The van der Waals surface area contributed by atoms with Crippen LogP contribution in [0.1, 0.15) is 16.8 Å². The van der Waals surface area contributed by atoms with Crippen LogP contribution in [0.3, 0.4) is 0 Å². The monoisotopic (exact) mass is 312 g/mol. The van der Waals surface area contributed by atoms with Gasteiger partial charge in [-0.1, -0.05) is 18.2 Å². The van der Waals surface area contributed by atoms with Gasteiger partial charge in [-0.15, -0.1) is 0 Å². The van der Waals surface area contributed by atoms with Crippen LogP contribution in [0.2, 0.25) is 0 Å². The fourth-order valence-electron chi connectivity index (χ4n) is 2.59. The Labute approximate surface area is 133 Å². The SMILES string of the molecule is Nc1ccc2c(c1)N(C(=O)c1ccccc1)CC(CC(=O)O)O2. The summed E-state index contributed by atoms with van der Waals surface area (Å²) in [6.07, 6.45) is -0.779. The molecule has 1 aliphatic heterocycles. The molecule has 3 rings (SSSR count). The number of rotatable bonds is 3. The lowest BCUT2D eigenvalue weighted by Gasteiger charge is -2.34. The Hall–Kier alpha value is -3.02. The van der Waals surface area contributed by atoms with Gasteiger partial charge in [0.25, 0.3) is 5.91 Å². The van der Waals surface area contributed by atoms with E-state index in [1.807, 2.05) is 6.07 Å². The lowest BCUT2D eigenvalue weighted by atomic mass is 10.1. The predicted octanol–water partition coefficient (Wildman–Crippen LogP) is 2.15. The Kier molecular flexibility index (Phi) is 3.89. The molecule has 6 nitrogen and oxygen atoms in total. The van der Waals surface area contributed by atoms with Crippen LogP contribution < -0.4 is 15.4 Å². The third-order valence-corrected chi connectivity index (χ3v) is 3.62. The van der Waals surface area contributed by atoms with Gasteiger partial charge in [-0.2, -0.15) is 0 Å². The second kappa shape index (κ2) is 6.00. The number of amides is 1. The summed E-state index contributed by atoms with van der Waals surface area (Å²) < 4.78 is 5.68. The second-order valence-corrected chi connectivity index (χ2v) is 5.35. The first kappa shape index (κ1) is 14.9. The Bertz CT molecular complexity index is 746. The summed E-state index contributed by atoms with van der Waals surface area (Å²) in [4.78, 5) is 25.3. The molecule has 23 heavy (non-hydrogen) atoms. The van der Waals surface area contributed by atoms with Crippen molar-refractivity contribution in [2.45, 2.75) is 12.5 Å². The molecule has 2 aromatic rings. The molecule has 0 fully saturated rings. The van der Waals surface area contributed by atoms with E-state index in [4.69, 9.17) is 15.6 Å². The van der Waals surface area contributed by atoms with E-state index in [0.717, 1.165) is 0 Å². The Morgan fingerprint density at radius 3 is 2.65 bits per heavy atom. The standard InChI is InChI=1S/C17H16N2O4/c18-12-6-7-15-14(8-12)19(10-13(23-15)9-16(20)21)17(22)11-4-2-1-3-5-11/h1-8,13H,9-10,18H2,(H,20,21). The normalized spacial score (nSPS) is 16.3. The van der Waals surface area contributed by atoms with Gasteiger partial charge < -0.3 is 20.5 Å². The van der Waals surface area contributed by atoms with Crippen LogP contribution >= 0.6 is 0 Å². The van der Waals surface area contributed by atoms with Crippen molar-refractivity contribution >= 4 is 23.3 Å². The highest BCUT2D eigenvalue weighted by atomic mass is 16.5. The fraction of sp³-hybridized carbons (Fsp3) is 0.176. The molecule has 118 valence electrons. The molecule has 0 saturated carbocycles. The molecule has 1 atom stereocenters. The molecule has 1 amide bonds. The third-order valence-electron chi connectivity index (χ3n) is 3.62. The number of benzene rings is 2. The van der Waals surface area contributed by atoms with E-state index in [0.29, 0.717) is 22.7 Å². The van der Waals surface area contributed by atoms with E-state index in [9.17, 15) is 9.59 Å². The molecule has 0 radical (unpaired) electrons. The van der Waals surface area contributed by atoms with Crippen molar-refractivity contribution in [2.24, 2.45) is 0 Å². The summed E-state index contributed by atoms with van der Waals surface area (Å²) in [5.41, 5.74) is 7.40. The van der Waals surface area contributed by atoms with Gasteiger partial charge in [0.05, 0.1) is 18.7 Å². The molecule has 6 heteroatoms. The first-order chi connectivity index (χ1) is 11.0. The maximum Gasteiger partial charge on any atom is 0.307 e. The van der Waals surface area contributed by atoms with Crippen molar-refractivity contribution in [1.29, 1.82) is 0 Å². The average Bonchev–Trinajstić information content (AvgIpc) is 2.54. The van der Waals surface area contributed by atoms with E-state index < -0.39 is 12.1 Å². The minimum Gasteiger partial charge on any atom is -0.486 e. The van der Waals surface area contributed by atoms with Crippen LogP contribution in [0.4, 0.5) is 11.4 Å². The van der Waals surface area contributed by atoms with E-state index in [2.05, 4.69) is 0 Å².